The number of amides is 1. The number of carbonyl (C=O) groups is 2. The van der Waals surface area contributed by atoms with Crippen molar-refractivity contribution >= 4 is 11.9 Å². The molecule has 6 nitrogen and oxygen atoms in total. The van der Waals surface area contributed by atoms with Crippen molar-refractivity contribution in [2.45, 2.75) is 39.5 Å². The molecule has 2 heterocycles. The first-order chi connectivity index (χ1) is 9.33. The van der Waals surface area contributed by atoms with Gasteiger partial charge in [-0.2, -0.15) is 0 Å². The second-order valence-electron chi connectivity index (χ2n) is 5.97. The fourth-order valence-corrected chi connectivity index (χ4v) is 2.40. The second kappa shape index (κ2) is 5.26. The number of aromatic nitrogens is 1. The third-order valence-corrected chi connectivity index (χ3v) is 3.83. The minimum Gasteiger partial charge on any atom is -0.481 e. The standard InChI is InChI=1S/C14H20N2O4/c1-9(2)10-7-11(20-15-10)12(17)16-6-4-5-14(3,8-16)13(18)19/h7,9H,4-6,8H2,1-3H3,(H,18,19). The Morgan fingerprint density at radius 1 is 1.50 bits per heavy atom. The van der Waals surface area contributed by atoms with Crippen LogP contribution in [0.3, 0.4) is 0 Å². The summed E-state index contributed by atoms with van der Waals surface area (Å²) in [6.07, 6.45) is 1.26. The van der Waals surface area contributed by atoms with E-state index >= 15 is 0 Å². The van der Waals surface area contributed by atoms with E-state index in [-0.39, 0.29) is 24.1 Å². The van der Waals surface area contributed by atoms with Gasteiger partial charge in [0.15, 0.2) is 0 Å². The molecule has 0 aromatic carbocycles. The van der Waals surface area contributed by atoms with Crippen LogP contribution in [0.15, 0.2) is 10.6 Å². The molecule has 110 valence electrons. The lowest BCUT2D eigenvalue weighted by Gasteiger charge is -2.36. The van der Waals surface area contributed by atoms with E-state index in [2.05, 4.69) is 5.16 Å². The largest absolute Gasteiger partial charge is 0.481 e. The topological polar surface area (TPSA) is 83.6 Å². The van der Waals surface area contributed by atoms with Crippen molar-refractivity contribution in [2.24, 2.45) is 5.41 Å². The van der Waals surface area contributed by atoms with Gasteiger partial charge in [0.1, 0.15) is 0 Å². The van der Waals surface area contributed by atoms with E-state index in [0.717, 1.165) is 5.69 Å². The summed E-state index contributed by atoms with van der Waals surface area (Å²) in [5, 5.41) is 13.1. The number of hydrogen-bond donors (Lipinski definition) is 1. The van der Waals surface area contributed by atoms with Crippen molar-refractivity contribution in [2.75, 3.05) is 13.1 Å². The molecule has 0 aliphatic carbocycles. The molecule has 0 saturated carbocycles. The molecule has 1 aliphatic heterocycles. The summed E-state index contributed by atoms with van der Waals surface area (Å²) < 4.78 is 5.08. The molecular formula is C14H20N2O4. The molecule has 20 heavy (non-hydrogen) atoms. The maximum Gasteiger partial charge on any atom is 0.311 e. The predicted molar refractivity (Wildman–Crippen MR) is 71.5 cm³/mol. The lowest BCUT2D eigenvalue weighted by Crippen LogP contribution is -2.48. The summed E-state index contributed by atoms with van der Waals surface area (Å²) in [5.41, 5.74) is -0.152. The molecule has 1 aromatic heterocycles. The van der Waals surface area contributed by atoms with E-state index in [0.29, 0.717) is 19.4 Å². The maximum atomic E-state index is 12.3. The zero-order valence-corrected chi connectivity index (χ0v) is 12.0. The summed E-state index contributed by atoms with van der Waals surface area (Å²) in [6.45, 7) is 6.37. The van der Waals surface area contributed by atoms with Gasteiger partial charge in [-0.15, -0.1) is 0 Å². The molecule has 0 radical (unpaired) electrons. The highest BCUT2D eigenvalue weighted by Gasteiger charge is 2.40. The zero-order valence-electron chi connectivity index (χ0n) is 12.0. The Morgan fingerprint density at radius 3 is 2.75 bits per heavy atom. The highest BCUT2D eigenvalue weighted by atomic mass is 16.5. The maximum absolute atomic E-state index is 12.3. The van der Waals surface area contributed by atoms with E-state index in [9.17, 15) is 14.7 Å². The smallest absolute Gasteiger partial charge is 0.311 e. The molecule has 1 aromatic rings. The predicted octanol–water partition coefficient (Wildman–Crippen LogP) is 2.12. The van der Waals surface area contributed by atoms with Crippen molar-refractivity contribution in [1.29, 1.82) is 0 Å². The Morgan fingerprint density at radius 2 is 2.20 bits per heavy atom. The van der Waals surface area contributed by atoms with Crippen LogP contribution in [-0.4, -0.2) is 40.1 Å². The molecule has 1 aliphatic rings. The van der Waals surface area contributed by atoms with Gasteiger partial charge in [-0.3, -0.25) is 9.59 Å². The molecule has 1 unspecified atom stereocenters. The molecule has 2 rings (SSSR count). The van der Waals surface area contributed by atoms with E-state index in [1.165, 1.54) is 0 Å². The number of nitrogens with zero attached hydrogens (tertiary/aromatic N) is 2. The molecule has 1 amide bonds. The van der Waals surface area contributed by atoms with Crippen molar-refractivity contribution in [3.8, 4) is 0 Å². The number of likely N-dealkylation sites (tertiary alicyclic amines) is 1. The van der Waals surface area contributed by atoms with Gasteiger partial charge in [0.25, 0.3) is 5.91 Å². The van der Waals surface area contributed by atoms with Crippen LogP contribution < -0.4 is 0 Å². The molecule has 1 N–H and O–H groups in total. The SMILES string of the molecule is CC(C)c1cc(C(=O)N2CCCC(C)(C(=O)O)C2)on1. The average Bonchev–Trinajstić information content (AvgIpc) is 2.87. The molecule has 1 saturated heterocycles. The summed E-state index contributed by atoms with van der Waals surface area (Å²) in [4.78, 5) is 25.2. The van der Waals surface area contributed by atoms with Crippen molar-refractivity contribution in [3.05, 3.63) is 17.5 Å². The number of hydrogen-bond acceptors (Lipinski definition) is 4. The van der Waals surface area contributed by atoms with Crippen LogP contribution in [0.1, 0.15) is 55.8 Å². The minimum absolute atomic E-state index is 0.184. The quantitative estimate of drug-likeness (QED) is 0.916. The molecule has 0 bridgehead atoms. The summed E-state index contributed by atoms with van der Waals surface area (Å²) in [5.74, 6) is -0.777. The van der Waals surface area contributed by atoms with Gasteiger partial charge in [-0.05, 0) is 25.7 Å². The first-order valence-corrected chi connectivity index (χ1v) is 6.83. The zero-order chi connectivity index (χ0) is 14.9. The van der Waals surface area contributed by atoms with Crippen molar-refractivity contribution in [3.63, 3.8) is 0 Å². The number of carboxylic acid groups (broad SMARTS) is 1. The number of rotatable bonds is 3. The number of aliphatic carboxylic acids is 1. The lowest BCUT2D eigenvalue weighted by molar-refractivity contribution is -0.150. The van der Waals surface area contributed by atoms with Crippen LogP contribution in [0.4, 0.5) is 0 Å². The van der Waals surface area contributed by atoms with Gasteiger partial charge in [0.05, 0.1) is 11.1 Å². The van der Waals surface area contributed by atoms with Crippen LogP contribution in [-0.2, 0) is 4.79 Å². The summed E-state index contributed by atoms with van der Waals surface area (Å²) in [7, 11) is 0. The van der Waals surface area contributed by atoms with E-state index in [1.54, 1.807) is 17.9 Å². The van der Waals surface area contributed by atoms with E-state index in [1.807, 2.05) is 13.8 Å². The molecule has 6 heteroatoms. The number of carboxylic acids is 1. The third-order valence-electron chi connectivity index (χ3n) is 3.83. The fraction of sp³-hybridized carbons (Fsp3) is 0.643. The highest BCUT2D eigenvalue weighted by molar-refractivity contribution is 5.92. The van der Waals surface area contributed by atoms with Gasteiger partial charge < -0.3 is 14.5 Å². The molecule has 1 atom stereocenters. The van der Waals surface area contributed by atoms with Crippen LogP contribution >= 0.6 is 0 Å². The Labute approximate surface area is 117 Å². The number of piperidine rings is 1. The second-order valence-corrected chi connectivity index (χ2v) is 5.97. The van der Waals surface area contributed by atoms with Crippen molar-refractivity contribution < 1.29 is 19.2 Å². The molecule has 1 fully saturated rings. The molecule has 0 spiro atoms. The number of carbonyl (C=O) groups excluding carboxylic acids is 1. The Bertz CT molecular complexity index is 523. The van der Waals surface area contributed by atoms with Crippen LogP contribution in [0.5, 0.6) is 0 Å². The first-order valence-electron chi connectivity index (χ1n) is 6.83. The fourth-order valence-electron chi connectivity index (χ4n) is 2.40. The molecular weight excluding hydrogens is 260 g/mol. The first kappa shape index (κ1) is 14.6. The Kier molecular flexibility index (Phi) is 3.83. The summed E-state index contributed by atoms with van der Waals surface area (Å²) >= 11 is 0. The van der Waals surface area contributed by atoms with Crippen LogP contribution in [0.2, 0.25) is 0 Å². The minimum atomic E-state index is -0.880. The van der Waals surface area contributed by atoms with Gasteiger partial charge in [-0.25, -0.2) is 0 Å². The lowest BCUT2D eigenvalue weighted by atomic mass is 9.82. The normalized spacial score (nSPS) is 23.1. The Balaban J connectivity index is 2.14. The van der Waals surface area contributed by atoms with Gasteiger partial charge >= 0.3 is 5.97 Å². The van der Waals surface area contributed by atoms with E-state index < -0.39 is 11.4 Å². The summed E-state index contributed by atoms with van der Waals surface area (Å²) in [6, 6.07) is 1.64. The Hall–Kier alpha value is -1.85. The monoisotopic (exact) mass is 280 g/mol. The van der Waals surface area contributed by atoms with Gasteiger partial charge in [0.2, 0.25) is 5.76 Å². The van der Waals surface area contributed by atoms with Crippen molar-refractivity contribution in [1.82, 2.24) is 10.1 Å². The highest BCUT2D eigenvalue weighted by Crippen LogP contribution is 2.30. The van der Waals surface area contributed by atoms with Gasteiger partial charge in [0, 0.05) is 19.2 Å². The van der Waals surface area contributed by atoms with Crippen LogP contribution in [0, 0.1) is 5.41 Å². The van der Waals surface area contributed by atoms with Crippen LogP contribution in [0.25, 0.3) is 0 Å². The third kappa shape index (κ3) is 2.69. The van der Waals surface area contributed by atoms with E-state index in [4.69, 9.17) is 4.52 Å². The van der Waals surface area contributed by atoms with Gasteiger partial charge in [-0.1, -0.05) is 19.0 Å². The average molecular weight is 280 g/mol.